The van der Waals surface area contributed by atoms with Crippen LogP contribution in [0.4, 0.5) is 0 Å². The van der Waals surface area contributed by atoms with E-state index in [1.165, 1.54) is 24.9 Å². The van der Waals surface area contributed by atoms with Crippen molar-refractivity contribution in [1.29, 1.82) is 0 Å². The number of hydrogen-bond donors (Lipinski definition) is 1. The second-order valence-corrected chi connectivity index (χ2v) is 5.46. The fraction of sp³-hybridized carbons (Fsp3) is 0.467. The summed E-state index contributed by atoms with van der Waals surface area (Å²) in [7, 11) is 0. The van der Waals surface area contributed by atoms with Crippen LogP contribution in [-0.4, -0.2) is 13.1 Å². The summed E-state index contributed by atoms with van der Waals surface area (Å²) in [5.41, 5.74) is 4.93. The van der Waals surface area contributed by atoms with Crippen LogP contribution in [0.1, 0.15) is 36.0 Å². The first kappa shape index (κ1) is 12.7. The predicted octanol–water partition coefficient (Wildman–Crippen LogP) is 3.39. The second-order valence-electron chi connectivity index (χ2n) is 5.46. The molecule has 1 aromatic carbocycles. The standard InChI is InChI=1S/C15H19N.ClH/c1-3-11-5-4-6-13-12(11)7-8-15(2)10-16-9-14(13)15;/h3-6,14,16H,1,7-10H2,2H3;1H/t14-,15-;/m0./s1. The van der Waals surface area contributed by atoms with Gasteiger partial charge >= 0.3 is 0 Å². The Balaban J connectivity index is 0.00000108. The van der Waals surface area contributed by atoms with Crippen molar-refractivity contribution in [1.82, 2.24) is 5.32 Å². The Labute approximate surface area is 110 Å². The Hall–Kier alpha value is -0.790. The lowest BCUT2D eigenvalue weighted by Crippen LogP contribution is -2.30. The minimum absolute atomic E-state index is 0. The highest BCUT2D eigenvalue weighted by Crippen LogP contribution is 2.48. The molecule has 1 saturated heterocycles. The lowest BCUT2D eigenvalue weighted by Gasteiger charge is -2.37. The maximum atomic E-state index is 3.93. The summed E-state index contributed by atoms with van der Waals surface area (Å²) in [6.45, 7) is 8.68. The summed E-state index contributed by atoms with van der Waals surface area (Å²) < 4.78 is 0. The van der Waals surface area contributed by atoms with E-state index >= 15 is 0 Å². The predicted molar refractivity (Wildman–Crippen MR) is 75.8 cm³/mol. The van der Waals surface area contributed by atoms with Crippen LogP contribution in [0.2, 0.25) is 0 Å². The molecule has 92 valence electrons. The van der Waals surface area contributed by atoms with Gasteiger partial charge in [0, 0.05) is 19.0 Å². The second kappa shape index (κ2) is 4.47. The highest BCUT2D eigenvalue weighted by atomic mass is 35.5. The van der Waals surface area contributed by atoms with Gasteiger partial charge in [0.25, 0.3) is 0 Å². The summed E-state index contributed by atoms with van der Waals surface area (Å²) in [6.07, 6.45) is 4.53. The molecule has 2 atom stereocenters. The Kier molecular flexibility index (Phi) is 3.33. The van der Waals surface area contributed by atoms with E-state index < -0.39 is 0 Å². The Morgan fingerprint density at radius 3 is 3.06 bits per heavy atom. The van der Waals surface area contributed by atoms with Crippen molar-refractivity contribution in [3.8, 4) is 0 Å². The third kappa shape index (κ3) is 1.82. The molecular weight excluding hydrogens is 230 g/mol. The molecule has 0 amide bonds. The van der Waals surface area contributed by atoms with Crippen LogP contribution in [0.3, 0.4) is 0 Å². The first-order valence-corrected chi connectivity index (χ1v) is 6.19. The molecule has 2 heteroatoms. The first-order valence-electron chi connectivity index (χ1n) is 6.19. The van der Waals surface area contributed by atoms with Gasteiger partial charge in [0.2, 0.25) is 0 Å². The Morgan fingerprint density at radius 1 is 1.47 bits per heavy atom. The van der Waals surface area contributed by atoms with E-state index in [-0.39, 0.29) is 12.4 Å². The molecule has 0 saturated carbocycles. The molecule has 0 spiro atoms. The van der Waals surface area contributed by atoms with Crippen molar-refractivity contribution in [2.45, 2.75) is 25.7 Å². The molecule has 1 N–H and O–H groups in total. The number of rotatable bonds is 1. The number of nitrogens with one attached hydrogen (secondary N) is 1. The number of hydrogen-bond acceptors (Lipinski definition) is 1. The van der Waals surface area contributed by atoms with E-state index in [0.29, 0.717) is 11.3 Å². The summed E-state index contributed by atoms with van der Waals surface area (Å²) in [6, 6.07) is 6.69. The Bertz CT molecular complexity index is 441. The van der Waals surface area contributed by atoms with Crippen LogP contribution >= 0.6 is 12.4 Å². The van der Waals surface area contributed by atoms with Crippen molar-refractivity contribution in [2.75, 3.05) is 13.1 Å². The van der Waals surface area contributed by atoms with Crippen molar-refractivity contribution in [3.05, 3.63) is 41.5 Å². The molecule has 0 aromatic heterocycles. The molecule has 2 aliphatic rings. The van der Waals surface area contributed by atoms with Crippen LogP contribution < -0.4 is 5.32 Å². The van der Waals surface area contributed by atoms with Gasteiger partial charge in [0.05, 0.1) is 0 Å². The van der Waals surface area contributed by atoms with Gasteiger partial charge in [-0.1, -0.05) is 37.8 Å². The number of halogens is 1. The lowest BCUT2D eigenvalue weighted by molar-refractivity contribution is 0.277. The zero-order valence-corrected chi connectivity index (χ0v) is 11.1. The smallest absolute Gasteiger partial charge is 0.00324 e. The molecule has 0 unspecified atom stereocenters. The number of benzene rings is 1. The van der Waals surface area contributed by atoms with Gasteiger partial charge in [0.1, 0.15) is 0 Å². The average molecular weight is 250 g/mol. The highest BCUT2D eigenvalue weighted by molar-refractivity contribution is 5.85. The fourth-order valence-electron chi connectivity index (χ4n) is 3.46. The highest BCUT2D eigenvalue weighted by Gasteiger charge is 2.43. The van der Waals surface area contributed by atoms with E-state index in [1.54, 1.807) is 11.1 Å². The molecule has 3 rings (SSSR count). The quantitative estimate of drug-likeness (QED) is 0.805. The molecular formula is C15H20ClN. The van der Waals surface area contributed by atoms with Crippen molar-refractivity contribution >= 4 is 18.5 Å². The maximum Gasteiger partial charge on any atom is 0.00324 e. The summed E-state index contributed by atoms with van der Waals surface area (Å²) in [5.74, 6) is 0.705. The van der Waals surface area contributed by atoms with Gasteiger partial charge in [0.15, 0.2) is 0 Å². The van der Waals surface area contributed by atoms with Gasteiger partial charge < -0.3 is 5.32 Å². The third-order valence-electron chi connectivity index (χ3n) is 4.51. The van der Waals surface area contributed by atoms with Crippen LogP contribution in [0.15, 0.2) is 24.8 Å². The van der Waals surface area contributed by atoms with Crippen LogP contribution in [-0.2, 0) is 6.42 Å². The zero-order chi connectivity index (χ0) is 11.2. The lowest BCUT2D eigenvalue weighted by atomic mass is 9.66. The Morgan fingerprint density at radius 2 is 2.29 bits per heavy atom. The van der Waals surface area contributed by atoms with E-state index in [1.807, 2.05) is 6.08 Å². The van der Waals surface area contributed by atoms with Gasteiger partial charge in [-0.25, -0.2) is 0 Å². The molecule has 0 radical (unpaired) electrons. The maximum absolute atomic E-state index is 3.93. The number of fused-ring (bicyclic) bond motifs is 3. The van der Waals surface area contributed by atoms with Crippen molar-refractivity contribution in [2.24, 2.45) is 5.41 Å². The van der Waals surface area contributed by atoms with Gasteiger partial charge in [-0.2, -0.15) is 0 Å². The summed E-state index contributed by atoms with van der Waals surface area (Å²) >= 11 is 0. The third-order valence-corrected chi connectivity index (χ3v) is 4.51. The zero-order valence-electron chi connectivity index (χ0n) is 10.3. The normalized spacial score (nSPS) is 30.1. The molecule has 17 heavy (non-hydrogen) atoms. The van der Waals surface area contributed by atoms with Crippen molar-refractivity contribution in [3.63, 3.8) is 0 Å². The monoisotopic (exact) mass is 249 g/mol. The largest absolute Gasteiger partial charge is 0.316 e. The van der Waals surface area contributed by atoms with Crippen molar-refractivity contribution < 1.29 is 0 Å². The van der Waals surface area contributed by atoms with E-state index in [2.05, 4.69) is 37.0 Å². The van der Waals surface area contributed by atoms with Crippen LogP contribution in [0.25, 0.3) is 6.08 Å². The van der Waals surface area contributed by atoms with E-state index in [9.17, 15) is 0 Å². The van der Waals surface area contributed by atoms with Crippen LogP contribution in [0, 0.1) is 5.41 Å². The molecule has 1 aliphatic heterocycles. The molecule has 1 fully saturated rings. The molecule has 1 heterocycles. The van der Waals surface area contributed by atoms with E-state index in [0.717, 1.165) is 6.54 Å². The van der Waals surface area contributed by atoms with Gasteiger partial charge in [-0.15, -0.1) is 12.4 Å². The summed E-state index contributed by atoms with van der Waals surface area (Å²) in [4.78, 5) is 0. The van der Waals surface area contributed by atoms with Gasteiger partial charge in [-0.05, 0) is 34.9 Å². The first-order chi connectivity index (χ1) is 7.74. The topological polar surface area (TPSA) is 12.0 Å². The minimum atomic E-state index is 0. The molecule has 0 bridgehead atoms. The minimum Gasteiger partial charge on any atom is -0.316 e. The van der Waals surface area contributed by atoms with Gasteiger partial charge in [-0.3, -0.25) is 0 Å². The fourth-order valence-corrected chi connectivity index (χ4v) is 3.46. The average Bonchev–Trinajstić information content (AvgIpc) is 2.70. The molecule has 1 aromatic rings. The van der Waals surface area contributed by atoms with Crippen LogP contribution in [0.5, 0.6) is 0 Å². The molecule has 1 aliphatic carbocycles. The molecule has 1 nitrogen and oxygen atoms in total. The SMILES string of the molecule is C=Cc1cccc2c1CC[C@@]1(C)CNC[C@@H]21.Cl. The van der Waals surface area contributed by atoms with E-state index in [4.69, 9.17) is 0 Å². The summed E-state index contributed by atoms with van der Waals surface area (Å²) in [5, 5.41) is 3.56.